The normalized spacial score (nSPS) is 16.9. The quantitative estimate of drug-likeness (QED) is 0.861. The Balaban J connectivity index is 2.18. The second kappa shape index (κ2) is 6.33. The van der Waals surface area contributed by atoms with Crippen molar-refractivity contribution >= 4 is 37.2 Å². The minimum absolute atomic E-state index is 0.00853. The first kappa shape index (κ1) is 15.6. The van der Waals surface area contributed by atoms with Crippen LogP contribution in [-0.2, 0) is 9.05 Å². The fourth-order valence-corrected chi connectivity index (χ4v) is 3.84. The third-order valence-corrected chi connectivity index (χ3v) is 5.20. The summed E-state index contributed by atoms with van der Waals surface area (Å²) < 4.78 is 22.7. The molecule has 1 aliphatic carbocycles. The zero-order valence-corrected chi connectivity index (χ0v) is 13.1. The standard InChI is InChI=1S/C13H15Cl2NO3S/c14-11-7-6-9(8-12(11)20(15,18)19)13(17)16-10-4-2-1-3-5-10/h6-8,10H,1-5H2,(H,16,17). The lowest BCUT2D eigenvalue weighted by atomic mass is 9.95. The fourth-order valence-electron chi connectivity index (χ4n) is 2.35. The maximum absolute atomic E-state index is 12.1. The Labute approximate surface area is 127 Å². The summed E-state index contributed by atoms with van der Waals surface area (Å²) in [5.74, 6) is -0.296. The molecule has 110 valence electrons. The van der Waals surface area contributed by atoms with E-state index in [1.165, 1.54) is 24.6 Å². The van der Waals surface area contributed by atoms with Gasteiger partial charge in [0.05, 0.1) is 5.02 Å². The lowest BCUT2D eigenvalue weighted by Crippen LogP contribution is -2.36. The molecule has 0 atom stereocenters. The van der Waals surface area contributed by atoms with Gasteiger partial charge in [-0.25, -0.2) is 8.42 Å². The van der Waals surface area contributed by atoms with Crippen LogP contribution in [0.5, 0.6) is 0 Å². The summed E-state index contributed by atoms with van der Waals surface area (Å²) in [4.78, 5) is 11.9. The van der Waals surface area contributed by atoms with Gasteiger partial charge in [-0.3, -0.25) is 4.79 Å². The molecule has 1 aromatic carbocycles. The van der Waals surface area contributed by atoms with Crippen LogP contribution in [0.15, 0.2) is 23.1 Å². The molecule has 1 fully saturated rings. The van der Waals surface area contributed by atoms with E-state index in [0.717, 1.165) is 25.7 Å². The highest BCUT2D eigenvalue weighted by molar-refractivity contribution is 8.13. The predicted octanol–water partition coefficient (Wildman–Crippen LogP) is 3.33. The minimum atomic E-state index is -3.96. The Morgan fingerprint density at radius 3 is 2.45 bits per heavy atom. The van der Waals surface area contributed by atoms with Crippen LogP contribution in [0.1, 0.15) is 42.5 Å². The van der Waals surface area contributed by atoms with Crippen LogP contribution in [0.2, 0.25) is 5.02 Å². The number of hydrogen-bond donors (Lipinski definition) is 1. The summed E-state index contributed by atoms with van der Waals surface area (Å²) in [5.41, 5.74) is 0.249. The van der Waals surface area contributed by atoms with Crippen molar-refractivity contribution in [3.63, 3.8) is 0 Å². The van der Waals surface area contributed by atoms with Crippen LogP contribution >= 0.6 is 22.3 Å². The molecule has 0 saturated heterocycles. The molecule has 20 heavy (non-hydrogen) atoms. The Morgan fingerprint density at radius 2 is 1.85 bits per heavy atom. The fraction of sp³-hybridized carbons (Fsp3) is 0.462. The SMILES string of the molecule is O=C(NC1CCCCC1)c1ccc(Cl)c(S(=O)(=O)Cl)c1. The van der Waals surface area contributed by atoms with Crippen molar-refractivity contribution in [2.45, 2.75) is 43.0 Å². The summed E-state index contributed by atoms with van der Waals surface area (Å²) in [7, 11) is 1.33. The van der Waals surface area contributed by atoms with Gasteiger partial charge in [0, 0.05) is 22.3 Å². The van der Waals surface area contributed by atoms with Gasteiger partial charge in [-0.05, 0) is 31.0 Å². The van der Waals surface area contributed by atoms with Gasteiger partial charge in [0.15, 0.2) is 0 Å². The average molecular weight is 336 g/mol. The summed E-state index contributed by atoms with van der Waals surface area (Å²) >= 11 is 5.78. The van der Waals surface area contributed by atoms with Crippen molar-refractivity contribution < 1.29 is 13.2 Å². The molecule has 0 aromatic heterocycles. The molecule has 2 rings (SSSR count). The lowest BCUT2D eigenvalue weighted by molar-refractivity contribution is 0.0927. The average Bonchev–Trinajstić information content (AvgIpc) is 2.39. The van der Waals surface area contributed by atoms with Crippen molar-refractivity contribution in [1.82, 2.24) is 5.32 Å². The van der Waals surface area contributed by atoms with E-state index in [2.05, 4.69) is 5.32 Å². The van der Waals surface area contributed by atoms with E-state index < -0.39 is 9.05 Å². The maximum Gasteiger partial charge on any atom is 0.262 e. The summed E-state index contributed by atoms with van der Waals surface area (Å²) in [6.07, 6.45) is 5.32. The predicted molar refractivity (Wildman–Crippen MR) is 78.8 cm³/mol. The monoisotopic (exact) mass is 335 g/mol. The Hall–Kier alpha value is -0.780. The number of carbonyl (C=O) groups is 1. The first-order valence-electron chi connectivity index (χ1n) is 6.43. The first-order valence-corrected chi connectivity index (χ1v) is 9.12. The molecule has 1 N–H and O–H groups in total. The second-order valence-corrected chi connectivity index (χ2v) is 7.83. The Kier molecular flexibility index (Phi) is 4.94. The van der Waals surface area contributed by atoms with Crippen molar-refractivity contribution in [2.75, 3.05) is 0 Å². The van der Waals surface area contributed by atoms with Crippen LogP contribution in [-0.4, -0.2) is 20.4 Å². The highest BCUT2D eigenvalue weighted by Crippen LogP contribution is 2.26. The molecule has 0 radical (unpaired) electrons. The van der Waals surface area contributed by atoms with Gasteiger partial charge in [-0.15, -0.1) is 0 Å². The van der Waals surface area contributed by atoms with Crippen LogP contribution in [0, 0.1) is 0 Å². The largest absolute Gasteiger partial charge is 0.349 e. The summed E-state index contributed by atoms with van der Waals surface area (Å²) in [5, 5.41) is 2.92. The topological polar surface area (TPSA) is 63.2 Å². The van der Waals surface area contributed by atoms with Gasteiger partial charge in [0.2, 0.25) is 0 Å². The van der Waals surface area contributed by atoms with Crippen LogP contribution in [0.4, 0.5) is 0 Å². The lowest BCUT2D eigenvalue weighted by Gasteiger charge is -2.22. The molecular formula is C13H15Cl2NO3S. The van der Waals surface area contributed by atoms with Crippen LogP contribution < -0.4 is 5.32 Å². The minimum Gasteiger partial charge on any atom is -0.349 e. The van der Waals surface area contributed by atoms with Gasteiger partial charge < -0.3 is 5.32 Å². The van der Waals surface area contributed by atoms with E-state index in [9.17, 15) is 13.2 Å². The first-order chi connectivity index (χ1) is 9.38. The molecule has 0 spiro atoms. The zero-order valence-electron chi connectivity index (χ0n) is 10.7. The molecule has 1 aliphatic rings. The highest BCUT2D eigenvalue weighted by atomic mass is 35.7. The molecule has 7 heteroatoms. The molecular weight excluding hydrogens is 321 g/mol. The third kappa shape index (κ3) is 3.87. The summed E-state index contributed by atoms with van der Waals surface area (Å²) in [6.45, 7) is 0. The van der Waals surface area contributed by atoms with E-state index in [-0.39, 0.29) is 27.4 Å². The van der Waals surface area contributed by atoms with E-state index in [1.807, 2.05) is 0 Å². The number of rotatable bonds is 3. The van der Waals surface area contributed by atoms with Gasteiger partial charge in [-0.2, -0.15) is 0 Å². The third-order valence-electron chi connectivity index (χ3n) is 3.40. The van der Waals surface area contributed by atoms with Gasteiger partial charge in [0.1, 0.15) is 4.90 Å². The second-order valence-electron chi connectivity index (χ2n) is 4.89. The van der Waals surface area contributed by atoms with Gasteiger partial charge in [0.25, 0.3) is 15.0 Å². The van der Waals surface area contributed by atoms with E-state index in [4.69, 9.17) is 22.3 Å². The van der Waals surface area contributed by atoms with Crippen molar-refractivity contribution in [3.05, 3.63) is 28.8 Å². The van der Waals surface area contributed by atoms with E-state index in [1.54, 1.807) is 0 Å². The molecule has 4 nitrogen and oxygen atoms in total. The molecule has 0 unspecified atom stereocenters. The van der Waals surface area contributed by atoms with E-state index >= 15 is 0 Å². The van der Waals surface area contributed by atoms with Gasteiger partial charge in [-0.1, -0.05) is 30.9 Å². The smallest absolute Gasteiger partial charge is 0.262 e. The molecule has 0 bridgehead atoms. The van der Waals surface area contributed by atoms with Crippen molar-refractivity contribution in [2.24, 2.45) is 0 Å². The number of hydrogen-bond acceptors (Lipinski definition) is 3. The molecule has 0 aliphatic heterocycles. The van der Waals surface area contributed by atoms with E-state index in [0.29, 0.717) is 0 Å². The number of carbonyl (C=O) groups excluding carboxylic acids is 1. The number of halogens is 2. The summed E-state index contributed by atoms with van der Waals surface area (Å²) in [6, 6.07) is 4.23. The van der Waals surface area contributed by atoms with Crippen LogP contribution in [0.3, 0.4) is 0 Å². The maximum atomic E-state index is 12.1. The number of benzene rings is 1. The number of amides is 1. The number of nitrogens with one attached hydrogen (secondary N) is 1. The Bertz CT molecular complexity index is 610. The Morgan fingerprint density at radius 1 is 1.20 bits per heavy atom. The van der Waals surface area contributed by atoms with Crippen molar-refractivity contribution in [3.8, 4) is 0 Å². The zero-order chi connectivity index (χ0) is 14.8. The molecule has 0 heterocycles. The van der Waals surface area contributed by atoms with Crippen LogP contribution in [0.25, 0.3) is 0 Å². The van der Waals surface area contributed by atoms with Crippen molar-refractivity contribution in [1.29, 1.82) is 0 Å². The molecule has 1 aromatic rings. The highest BCUT2D eigenvalue weighted by Gasteiger charge is 2.20. The molecule has 1 amide bonds. The molecule has 1 saturated carbocycles. The van der Waals surface area contributed by atoms with Gasteiger partial charge >= 0.3 is 0 Å².